The second-order valence-corrected chi connectivity index (χ2v) is 5.40. The third-order valence-corrected chi connectivity index (χ3v) is 3.82. The van der Waals surface area contributed by atoms with Crippen molar-refractivity contribution in [3.05, 3.63) is 10.6 Å². The molecule has 0 aliphatic heterocycles. The van der Waals surface area contributed by atoms with Crippen LogP contribution in [0.2, 0.25) is 0 Å². The zero-order chi connectivity index (χ0) is 14.7. The summed E-state index contributed by atoms with van der Waals surface area (Å²) in [6.45, 7) is -1.35. The normalized spacial score (nSPS) is 12.8. The van der Waals surface area contributed by atoms with E-state index in [1.165, 1.54) is 11.3 Å². The number of carbonyl (C=O) groups excluding carboxylic acids is 1. The van der Waals surface area contributed by atoms with Gasteiger partial charge in [0.2, 0.25) is 0 Å². The number of nitrogens with one attached hydrogen (secondary N) is 1. The van der Waals surface area contributed by atoms with Gasteiger partial charge in [-0.1, -0.05) is 0 Å². The predicted molar refractivity (Wildman–Crippen MR) is 70.0 cm³/mol. The van der Waals surface area contributed by atoms with Crippen molar-refractivity contribution in [1.82, 2.24) is 9.88 Å². The van der Waals surface area contributed by atoms with E-state index >= 15 is 0 Å². The Morgan fingerprint density at radius 3 is 2.40 bits per heavy atom. The lowest BCUT2D eigenvalue weighted by atomic mass is 10.4. The van der Waals surface area contributed by atoms with Crippen LogP contribution in [0, 0.1) is 0 Å². The summed E-state index contributed by atoms with van der Waals surface area (Å²) in [5.41, 5.74) is 0.952. The lowest BCUT2D eigenvalue weighted by Gasteiger charge is -2.17. The van der Waals surface area contributed by atoms with Crippen LogP contribution in [0.5, 0.6) is 0 Å². The minimum atomic E-state index is -1.27. The Balaban J connectivity index is 2.02. The molecule has 0 aromatic carbocycles. The Morgan fingerprint density at radius 1 is 1.20 bits per heavy atom. The first-order chi connectivity index (χ1) is 9.45. The molecule has 108 valence electrons. The molecular weight excluding hydrogens is 286 g/mol. The first kappa shape index (κ1) is 14.3. The molecule has 0 bridgehead atoms. The molecule has 0 saturated carbocycles. The number of carbonyl (C=O) groups is 3. The van der Waals surface area contributed by atoms with Gasteiger partial charge in [-0.3, -0.25) is 14.9 Å². The third-order valence-electron chi connectivity index (χ3n) is 2.75. The number of fused-ring (bicyclic) bond motifs is 1. The lowest BCUT2D eigenvalue weighted by molar-refractivity contribution is -0.140. The highest BCUT2D eigenvalue weighted by atomic mass is 32.1. The van der Waals surface area contributed by atoms with Crippen LogP contribution in [0.25, 0.3) is 0 Å². The number of hydrogen-bond donors (Lipinski definition) is 3. The van der Waals surface area contributed by atoms with E-state index in [0.717, 1.165) is 29.8 Å². The molecular formula is C11H13N3O5S. The summed E-state index contributed by atoms with van der Waals surface area (Å²) in [5.74, 6) is -2.55. The monoisotopic (exact) mass is 299 g/mol. The number of aryl methyl sites for hydroxylation is 2. The maximum absolute atomic E-state index is 11.9. The van der Waals surface area contributed by atoms with E-state index in [0.29, 0.717) is 10.0 Å². The predicted octanol–water partition coefficient (Wildman–Crippen LogP) is 0.635. The number of aliphatic carboxylic acids is 2. The van der Waals surface area contributed by atoms with Gasteiger partial charge in [0, 0.05) is 4.88 Å². The van der Waals surface area contributed by atoms with Crippen molar-refractivity contribution in [2.24, 2.45) is 0 Å². The average Bonchev–Trinajstić information content (AvgIpc) is 2.87. The summed E-state index contributed by atoms with van der Waals surface area (Å²) in [6.07, 6.45) is 2.85. The third kappa shape index (κ3) is 3.44. The van der Waals surface area contributed by atoms with E-state index < -0.39 is 31.1 Å². The minimum absolute atomic E-state index is 0.375. The molecule has 9 heteroatoms. The summed E-state index contributed by atoms with van der Waals surface area (Å²) in [4.78, 5) is 39.2. The summed E-state index contributed by atoms with van der Waals surface area (Å²) < 4.78 is 0. The molecule has 0 unspecified atom stereocenters. The zero-order valence-corrected chi connectivity index (χ0v) is 11.3. The molecule has 1 heterocycles. The number of carboxylic acid groups (broad SMARTS) is 2. The Bertz CT molecular complexity index is 519. The molecule has 0 spiro atoms. The van der Waals surface area contributed by atoms with Crippen LogP contribution >= 0.6 is 11.3 Å². The van der Waals surface area contributed by atoms with Crippen molar-refractivity contribution in [3.63, 3.8) is 0 Å². The summed E-state index contributed by atoms with van der Waals surface area (Å²) >= 11 is 1.34. The molecule has 1 aromatic rings. The fourth-order valence-electron chi connectivity index (χ4n) is 1.94. The highest BCUT2D eigenvalue weighted by Gasteiger charge is 2.22. The molecule has 1 aromatic heterocycles. The molecule has 2 amide bonds. The van der Waals surface area contributed by atoms with Crippen LogP contribution in [-0.2, 0) is 22.4 Å². The number of anilines is 1. The van der Waals surface area contributed by atoms with Crippen LogP contribution in [0.3, 0.4) is 0 Å². The molecule has 0 atom stereocenters. The van der Waals surface area contributed by atoms with Crippen molar-refractivity contribution in [3.8, 4) is 0 Å². The van der Waals surface area contributed by atoms with Gasteiger partial charge in [0.05, 0.1) is 5.69 Å². The van der Waals surface area contributed by atoms with Crippen molar-refractivity contribution < 1.29 is 24.6 Å². The fraction of sp³-hybridized carbons (Fsp3) is 0.455. The average molecular weight is 299 g/mol. The number of aromatic nitrogens is 1. The molecule has 3 N–H and O–H groups in total. The number of carboxylic acids is 2. The number of amides is 2. The molecule has 8 nitrogen and oxygen atoms in total. The van der Waals surface area contributed by atoms with Gasteiger partial charge in [-0.05, 0) is 19.3 Å². The topological polar surface area (TPSA) is 120 Å². The van der Waals surface area contributed by atoms with Gasteiger partial charge in [0.25, 0.3) is 0 Å². The largest absolute Gasteiger partial charge is 0.480 e. The highest BCUT2D eigenvalue weighted by molar-refractivity contribution is 7.15. The molecule has 20 heavy (non-hydrogen) atoms. The van der Waals surface area contributed by atoms with Crippen molar-refractivity contribution >= 4 is 34.4 Å². The van der Waals surface area contributed by atoms with Gasteiger partial charge in [-0.25, -0.2) is 9.78 Å². The Morgan fingerprint density at radius 2 is 1.85 bits per heavy atom. The number of urea groups is 1. The number of nitrogens with zero attached hydrogens (tertiary/aromatic N) is 2. The van der Waals surface area contributed by atoms with Crippen molar-refractivity contribution in [1.29, 1.82) is 0 Å². The van der Waals surface area contributed by atoms with Gasteiger partial charge in [-0.2, -0.15) is 0 Å². The minimum Gasteiger partial charge on any atom is -0.480 e. The smallest absolute Gasteiger partial charge is 0.324 e. The van der Waals surface area contributed by atoms with Gasteiger partial charge in [0.1, 0.15) is 13.1 Å². The lowest BCUT2D eigenvalue weighted by Crippen LogP contribution is -2.41. The van der Waals surface area contributed by atoms with Gasteiger partial charge < -0.3 is 15.1 Å². The summed E-state index contributed by atoms with van der Waals surface area (Å²) in [6, 6.07) is -0.776. The van der Waals surface area contributed by atoms with Crippen molar-refractivity contribution in [2.45, 2.75) is 19.3 Å². The summed E-state index contributed by atoms with van der Waals surface area (Å²) in [5, 5.41) is 20.2. The maximum atomic E-state index is 11.9. The van der Waals surface area contributed by atoms with Gasteiger partial charge in [-0.15, -0.1) is 11.3 Å². The van der Waals surface area contributed by atoms with Crippen LogP contribution in [0.4, 0.5) is 9.93 Å². The van der Waals surface area contributed by atoms with E-state index in [-0.39, 0.29) is 0 Å². The Kier molecular flexibility index (Phi) is 4.18. The zero-order valence-electron chi connectivity index (χ0n) is 10.5. The van der Waals surface area contributed by atoms with E-state index in [2.05, 4.69) is 10.3 Å². The first-order valence-corrected chi connectivity index (χ1v) is 6.75. The van der Waals surface area contributed by atoms with E-state index in [4.69, 9.17) is 10.2 Å². The Labute approximate surface area is 118 Å². The molecule has 1 aliphatic carbocycles. The molecule has 0 saturated heterocycles. The standard InChI is InChI=1S/C11H13N3O5S/c15-8(16)4-14(5-9(17)18)11(19)13-10-12-6-2-1-3-7(6)20-10/h1-5H2,(H,15,16)(H,17,18)(H,12,13,19). The Hall–Kier alpha value is -2.16. The van der Waals surface area contributed by atoms with E-state index in [1.54, 1.807) is 0 Å². The molecule has 0 fully saturated rings. The van der Waals surface area contributed by atoms with Gasteiger partial charge >= 0.3 is 18.0 Å². The van der Waals surface area contributed by atoms with E-state index in [1.807, 2.05) is 0 Å². The number of thiazole rings is 1. The number of hydrogen-bond acceptors (Lipinski definition) is 5. The number of rotatable bonds is 5. The second kappa shape index (κ2) is 5.87. The molecule has 2 rings (SSSR count). The van der Waals surface area contributed by atoms with E-state index in [9.17, 15) is 14.4 Å². The van der Waals surface area contributed by atoms with Crippen LogP contribution in [-0.4, -0.2) is 51.2 Å². The first-order valence-electron chi connectivity index (χ1n) is 5.94. The highest BCUT2D eigenvalue weighted by Crippen LogP contribution is 2.30. The van der Waals surface area contributed by atoms with Crippen LogP contribution in [0.1, 0.15) is 17.0 Å². The van der Waals surface area contributed by atoms with Gasteiger partial charge in [0.15, 0.2) is 5.13 Å². The fourth-order valence-corrected chi connectivity index (χ4v) is 2.98. The van der Waals surface area contributed by atoms with Crippen LogP contribution < -0.4 is 5.32 Å². The second-order valence-electron chi connectivity index (χ2n) is 4.32. The quantitative estimate of drug-likeness (QED) is 0.733. The molecule has 0 radical (unpaired) electrons. The van der Waals surface area contributed by atoms with Crippen LogP contribution in [0.15, 0.2) is 0 Å². The summed E-state index contributed by atoms with van der Waals surface area (Å²) in [7, 11) is 0. The SMILES string of the molecule is O=C(O)CN(CC(=O)O)C(=O)Nc1nc2c(s1)CCC2. The maximum Gasteiger partial charge on any atom is 0.324 e. The molecule has 1 aliphatic rings. The van der Waals surface area contributed by atoms with Crippen molar-refractivity contribution in [2.75, 3.05) is 18.4 Å².